The zero-order valence-electron chi connectivity index (χ0n) is 11.2. The van der Waals surface area contributed by atoms with Gasteiger partial charge in [0, 0.05) is 11.7 Å². The van der Waals surface area contributed by atoms with Gasteiger partial charge in [-0.25, -0.2) is 4.68 Å². The number of hydrogen-bond donors (Lipinski definition) is 1. The first-order chi connectivity index (χ1) is 8.41. The van der Waals surface area contributed by atoms with Crippen molar-refractivity contribution >= 4 is 11.6 Å². The van der Waals surface area contributed by atoms with Crippen LogP contribution in [0.3, 0.4) is 0 Å². The smallest absolute Gasteiger partial charge is 0.0835 e. The van der Waals surface area contributed by atoms with Crippen LogP contribution in [0.25, 0.3) is 5.69 Å². The van der Waals surface area contributed by atoms with E-state index in [2.05, 4.69) is 12.0 Å². The van der Waals surface area contributed by atoms with Crippen molar-refractivity contribution in [2.75, 3.05) is 0 Å². The fourth-order valence-corrected chi connectivity index (χ4v) is 2.20. The molecule has 2 N–H and O–H groups in total. The average molecular weight is 264 g/mol. The van der Waals surface area contributed by atoms with Crippen molar-refractivity contribution in [3.8, 4) is 5.69 Å². The molecule has 1 atom stereocenters. The summed E-state index contributed by atoms with van der Waals surface area (Å²) in [5, 5.41) is 5.19. The lowest BCUT2D eigenvalue weighted by Crippen LogP contribution is -2.06. The molecule has 3 nitrogen and oxygen atoms in total. The maximum atomic E-state index is 6.33. The Morgan fingerprint density at radius 1 is 1.28 bits per heavy atom. The normalized spacial score (nSPS) is 12.8. The summed E-state index contributed by atoms with van der Waals surface area (Å²) in [7, 11) is 0. The molecule has 1 aromatic heterocycles. The number of halogens is 1. The van der Waals surface area contributed by atoms with Crippen molar-refractivity contribution in [1.29, 1.82) is 0 Å². The molecule has 2 rings (SSSR count). The van der Waals surface area contributed by atoms with Crippen LogP contribution in [0.4, 0.5) is 0 Å². The minimum atomic E-state index is -0.0151. The maximum Gasteiger partial charge on any atom is 0.0835 e. The molecule has 0 fully saturated rings. The number of benzene rings is 1. The number of nitrogens with two attached hydrogens (primary N) is 1. The van der Waals surface area contributed by atoms with E-state index in [4.69, 9.17) is 17.3 Å². The number of aryl methyl sites for hydroxylation is 1. The van der Waals surface area contributed by atoms with Gasteiger partial charge in [0.05, 0.1) is 16.4 Å². The van der Waals surface area contributed by atoms with E-state index >= 15 is 0 Å². The van der Waals surface area contributed by atoms with Gasteiger partial charge in [-0.3, -0.25) is 0 Å². The molecule has 0 amide bonds. The minimum absolute atomic E-state index is 0.0151. The van der Waals surface area contributed by atoms with Crippen LogP contribution in [-0.2, 0) is 0 Å². The molecule has 18 heavy (non-hydrogen) atoms. The molecular weight excluding hydrogens is 246 g/mol. The first-order valence-electron chi connectivity index (χ1n) is 6.00. The first-order valence-corrected chi connectivity index (χ1v) is 6.38. The molecule has 0 aliphatic heterocycles. The first kappa shape index (κ1) is 13.1. The second-order valence-electron chi connectivity index (χ2n) is 4.71. The molecular formula is C14H18ClN3. The second-order valence-corrected chi connectivity index (χ2v) is 5.11. The third-order valence-corrected chi connectivity index (χ3v) is 3.68. The minimum Gasteiger partial charge on any atom is -0.324 e. The summed E-state index contributed by atoms with van der Waals surface area (Å²) in [6.45, 7) is 8.06. The quantitative estimate of drug-likeness (QED) is 0.902. The van der Waals surface area contributed by atoms with Gasteiger partial charge in [0.2, 0.25) is 0 Å². The van der Waals surface area contributed by atoms with Gasteiger partial charge in [-0.2, -0.15) is 5.10 Å². The van der Waals surface area contributed by atoms with Crippen LogP contribution in [0.5, 0.6) is 0 Å². The third-order valence-electron chi connectivity index (χ3n) is 3.38. The number of nitrogens with zero attached hydrogens (tertiary/aromatic N) is 2. The van der Waals surface area contributed by atoms with Crippen molar-refractivity contribution < 1.29 is 0 Å². The molecule has 0 spiro atoms. The van der Waals surface area contributed by atoms with Gasteiger partial charge >= 0.3 is 0 Å². The van der Waals surface area contributed by atoms with E-state index in [-0.39, 0.29) is 6.04 Å². The van der Waals surface area contributed by atoms with Gasteiger partial charge in [-0.15, -0.1) is 0 Å². The van der Waals surface area contributed by atoms with Gasteiger partial charge in [0.15, 0.2) is 0 Å². The van der Waals surface area contributed by atoms with Crippen molar-refractivity contribution in [1.82, 2.24) is 9.78 Å². The Hall–Kier alpha value is -1.32. The Kier molecular flexibility index (Phi) is 3.46. The standard InChI is InChI=1S/C14H18ClN3/c1-8-10(3)17-18(11(8)4)14-6-5-12(9(2)16)7-13(14)15/h5-7,9H,16H2,1-4H3/t9-/m0/s1. The van der Waals surface area contributed by atoms with E-state index in [1.807, 2.05) is 43.7 Å². The summed E-state index contributed by atoms with van der Waals surface area (Å²) in [5.41, 5.74) is 11.1. The Labute approximate surface area is 113 Å². The van der Waals surface area contributed by atoms with Gasteiger partial charge in [-0.1, -0.05) is 17.7 Å². The highest BCUT2D eigenvalue weighted by atomic mass is 35.5. The van der Waals surface area contributed by atoms with Crippen LogP contribution in [0.15, 0.2) is 18.2 Å². The van der Waals surface area contributed by atoms with Crippen LogP contribution in [0.1, 0.15) is 35.5 Å². The summed E-state index contributed by atoms with van der Waals surface area (Å²) in [6.07, 6.45) is 0. The highest BCUT2D eigenvalue weighted by molar-refractivity contribution is 6.32. The van der Waals surface area contributed by atoms with Gasteiger partial charge in [0.25, 0.3) is 0 Å². The van der Waals surface area contributed by atoms with Crippen molar-refractivity contribution in [3.63, 3.8) is 0 Å². The molecule has 0 saturated carbocycles. The van der Waals surface area contributed by atoms with Gasteiger partial charge < -0.3 is 5.73 Å². The van der Waals surface area contributed by atoms with Gasteiger partial charge in [-0.05, 0) is 51.0 Å². The van der Waals surface area contributed by atoms with Crippen LogP contribution >= 0.6 is 11.6 Å². The molecule has 0 unspecified atom stereocenters. The monoisotopic (exact) mass is 263 g/mol. The maximum absolute atomic E-state index is 6.33. The molecule has 0 radical (unpaired) electrons. The van der Waals surface area contributed by atoms with Crippen LogP contribution in [0, 0.1) is 20.8 Å². The summed E-state index contributed by atoms with van der Waals surface area (Å²) in [5.74, 6) is 0. The van der Waals surface area contributed by atoms with E-state index in [1.165, 1.54) is 5.56 Å². The Morgan fingerprint density at radius 2 is 1.94 bits per heavy atom. The second kappa shape index (κ2) is 4.75. The SMILES string of the molecule is Cc1nn(-c2ccc([C@H](C)N)cc2Cl)c(C)c1C. The van der Waals surface area contributed by atoms with Crippen molar-refractivity contribution in [2.45, 2.75) is 33.7 Å². The van der Waals surface area contributed by atoms with E-state index in [1.54, 1.807) is 0 Å². The summed E-state index contributed by atoms with van der Waals surface area (Å²) in [4.78, 5) is 0. The topological polar surface area (TPSA) is 43.8 Å². The summed E-state index contributed by atoms with van der Waals surface area (Å²) in [6, 6.07) is 5.86. The Bertz CT molecular complexity index is 585. The lowest BCUT2D eigenvalue weighted by Gasteiger charge is -2.11. The zero-order valence-corrected chi connectivity index (χ0v) is 11.9. The highest BCUT2D eigenvalue weighted by Crippen LogP contribution is 2.26. The largest absolute Gasteiger partial charge is 0.324 e. The average Bonchev–Trinajstić information content (AvgIpc) is 2.57. The molecule has 96 valence electrons. The Morgan fingerprint density at radius 3 is 2.39 bits per heavy atom. The molecule has 4 heteroatoms. The van der Waals surface area contributed by atoms with Gasteiger partial charge in [0.1, 0.15) is 0 Å². The zero-order chi connectivity index (χ0) is 13.4. The van der Waals surface area contributed by atoms with E-state index in [9.17, 15) is 0 Å². The molecule has 0 bridgehead atoms. The van der Waals surface area contributed by atoms with E-state index in [0.29, 0.717) is 5.02 Å². The Balaban J connectivity index is 2.54. The molecule has 1 aromatic carbocycles. The predicted molar refractivity (Wildman–Crippen MR) is 75.4 cm³/mol. The predicted octanol–water partition coefficient (Wildman–Crippen LogP) is 3.47. The fraction of sp³-hybridized carbons (Fsp3) is 0.357. The highest BCUT2D eigenvalue weighted by Gasteiger charge is 2.12. The fourth-order valence-electron chi connectivity index (χ4n) is 1.93. The van der Waals surface area contributed by atoms with Crippen LogP contribution in [0.2, 0.25) is 5.02 Å². The van der Waals surface area contributed by atoms with Crippen molar-refractivity contribution in [2.24, 2.45) is 5.73 Å². The number of rotatable bonds is 2. The summed E-state index contributed by atoms with van der Waals surface area (Å²) >= 11 is 6.33. The van der Waals surface area contributed by atoms with Crippen LogP contribution < -0.4 is 5.73 Å². The molecule has 0 aliphatic carbocycles. The lowest BCUT2D eigenvalue weighted by atomic mass is 10.1. The summed E-state index contributed by atoms with van der Waals surface area (Å²) < 4.78 is 1.89. The van der Waals surface area contributed by atoms with E-state index < -0.39 is 0 Å². The van der Waals surface area contributed by atoms with Crippen LogP contribution in [-0.4, -0.2) is 9.78 Å². The van der Waals surface area contributed by atoms with E-state index in [0.717, 1.165) is 22.6 Å². The van der Waals surface area contributed by atoms with Crippen molar-refractivity contribution in [3.05, 3.63) is 45.7 Å². The molecule has 2 aromatic rings. The number of aromatic nitrogens is 2. The third kappa shape index (κ3) is 2.16. The molecule has 0 aliphatic rings. The molecule has 0 saturated heterocycles. The molecule has 1 heterocycles. The lowest BCUT2D eigenvalue weighted by molar-refractivity contribution is 0.808. The number of hydrogen-bond acceptors (Lipinski definition) is 2.